The molecule has 0 amide bonds. The first-order valence-corrected chi connectivity index (χ1v) is 7.13. The summed E-state index contributed by atoms with van der Waals surface area (Å²) in [6.07, 6.45) is 2.61. The fraction of sp³-hybridized carbons (Fsp3) is 0.625. The predicted molar refractivity (Wildman–Crippen MR) is 77.7 cm³/mol. The van der Waals surface area contributed by atoms with E-state index in [0.29, 0.717) is 6.04 Å². The van der Waals surface area contributed by atoms with Crippen molar-refractivity contribution in [2.75, 3.05) is 19.6 Å². The number of hydrogen-bond acceptors (Lipinski definition) is 2. The molecule has 0 bridgehead atoms. The van der Waals surface area contributed by atoms with Crippen LogP contribution in [0.5, 0.6) is 0 Å². The highest BCUT2D eigenvalue weighted by Gasteiger charge is 2.24. The number of nitrogens with two attached hydrogens (primary N) is 1. The Morgan fingerprint density at radius 3 is 2.56 bits per heavy atom. The van der Waals surface area contributed by atoms with E-state index < -0.39 is 0 Å². The Labute approximate surface area is 111 Å². The Balaban J connectivity index is 2.20. The third kappa shape index (κ3) is 2.76. The summed E-state index contributed by atoms with van der Waals surface area (Å²) in [5.41, 5.74) is 10.3. The van der Waals surface area contributed by atoms with E-state index in [1.54, 1.807) is 0 Å². The zero-order valence-corrected chi connectivity index (χ0v) is 11.9. The van der Waals surface area contributed by atoms with Crippen LogP contribution in [0.3, 0.4) is 0 Å². The molecule has 2 N–H and O–H groups in total. The SMILES string of the molecule is Cc1cccc(C(CN)N2CCC(C)CC2)c1C. The van der Waals surface area contributed by atoms with Gasteiger partial charge in [0.1, 0.15) is 0 Å². The van der Waals surface area contributed by atoms with Crippen LogP contribution in [0.4, 0.5) is 0 Å². The first-order chi connectivity index (χ1) is 8.63. The second kappa shape index (κ2) is 5.85. The number of rotatable bonds is 3. The largest absolute Gasteiger partial charge is 0.329 e. The van der Waals surface area contributed by atoms with Crippen molar-refractivity contribution in [2.24, 2.45) is 11.7 Å². The Morgan fingerprint density at radius 1 is 1.28 bits per heavy atom. The molecule has 100 valence electrons. The van der Waals surface area contributed by atoms with Crippen molar-refractivity contribution >= 4 is 0 Å². The molecule has 0 saturated carbocycles. The maximum atomic E-state index is 6.05. The lowest BCUT2D eigenvalue weighted by atomic mass is 9.92. The van der Waals surface area contributed by atoms with E-state index in [2.05, 4.69) is 43.9 Å². The van der Waals surface area contributed by atoms with E-state index in [1.165, 1.54) is 42.6 Å². The van der Waals surface area contributed by atoms with Crippen LogP contribution < -0.4 is 5.73 Å². The van der Waals surface area contributed by atoms with Gasteiger partial charge in [-0.25, -0.2) is 0 Å². The molecule has 1 heterocycles. The first-order valence-electron chi connectivity index (χ1n) is 7.13. The van der Waals surface area contributed by atoms with E-state index in [0.717, 1.165) is 12.5 Å². The van der Waals surface area contributed by atoms with Gasteiger partial charge in [-0.2, -0.15) is 0 Å². The summed E-state index contributed by atoms with van der Waals surface area (Å²) < 4.78 is 0. The lowest BCUT2D eigenvalue weighted by Crippen LogP contribution is -2.39. The normalized spacial score (nSPS) is 20.0. The average Bonchev–Trinajstić information content (AvgIpc) is 2.37. The molecule has 0 aromatic heterocycles. The van der Waals surface area contributed by atoms with E-state index >= 15 is 0 Å². The Hall–Kier alpha value is -0.860. The number of hydrogen-bond donors (Lipinski definition) is 1. The van der Waals surface area contributed by atoms with Crippen molar-refractivity contribution in [3.05, 3.63) is 34.9 Å². The maximum Gasteiger partial charge on any atom is 0.0473 e. The minimum Gasteiger partial charge on any atom is -0.329 e. The summed E-state index contributed by atoms with van der Waals surface area (Å²) in [6, 6.07) is 6.99. The zero-order valence-electron chi connectivity index (χ0n) is 11.9. The molecule has 1 aromatic rings. The summed E-state index contributed by atoms with van der Waals surface area (Å²) >= 11 is 0. The van der Waals surface area contributed by atoms with Gasteiger partial charge in [0, 0.05) is 12.6 Å². The zero-order chi connectivity index (χ0) is 13.1. The van der Waals surface area contributed by atoms with Crippen LogP contribution in [0.25, 0.3) is 0 Å². The van der Waals surface area contributed by atoms with Crippen LogP contribution in [0.1, 0.15) is 42.5 Å². The molecule has 0 radical (unpaired) electrons. The quantitative estimate of drug-likeness (QED) is 0.888. The van der Waals surface area contributed by atoms with Gasteiger partial charge in [0.25, 0.3) is 0 Å². The topological polar surface area (TPSA) is 29.3 Å². The van der Waals surface area contributed by atoms with E-state index in [1.807, 2.05) is 0 Å². The third-order valence-electron chi connectivity index (χ3n) is 4.49. The minimum absolute atomic E-state index is 0.400. The molecule has 18 heavy (non-hydrogen) atoms. The fourth-order valence-corrected chi connectivity index (χ4v) is 2.95. The lowest BCUT2D eigenvalue weighted by molar-refractivity contribution is 0.141. The van der Waals surface area contributed by atoms with Gasteiger partial charge in [-0.1, -0.05) is 25.1 Å². The molecule has 1 fully saturated rings. The standard InChI is InChI=1S/C16H26N2/c1-12-7-9-18(10-8-12)16(11-17)15-6-4-5-13(2)14(15)3/h4-6,12,16H,7-11,17H2,1-3H3. The molecule has 2 rings (SSSR count). The molecule has 1 aliphatic rings. The molecule has 0 aliphatic carbocycles. The summed E-state index contributed by atoms with van der Waals surface area (Å²) in [5.74, 6) is 0.873. The van der Waals surface area contributed by atoms with Gasteiger partial charge in [-0.05, 0) is 62.4 Å². The van der Waals surface area contributed by atoms with E-state index in [4.69, 9.17) is 5.73 Å². The van der Waals surface area contributed by atoms with Crippen molar-refractivity contribution < 1.29 is 0 Å². The molecule has 1 atom stereocenters. The lowest BCUT2D eigenvalue weighted by Gasteiger charge is -2.37. The highest BCUT2D eigenvalue weighted by atomic mass is 15.2. The molecule has 0 spiro atoms. The van der Waals surface area contributed by atoms with Gasteiger partial charge in [-0.15, -0.1) is 0 Å². The molecular formula is C16H26N2. The van der Waals surface area contributed by atoms with Crippen LogP contribution in [0, 0.1) is 19.8 Å². The van der Waals surface area contributed by atoms with Crippen LogP contribution in [0.15, 0.2) is 18.2 Å². The Morgan fingerprint density at radius 2 is 1.94 bits per heavy atom. The number of benzene rings is 1. The van der Waals surface area contributed by atoms with Crippen LogP contribution >= 0.6 is 0 Å². The summed E-state index contributed by atoms with van der Waals surface area (Å²) in [7, 11) is 0. The van der Waals surface area contributed by atoms with Gasteiger partial charge in [0.05, 0.1) is 0 Å². The first kappa shape index (κ1) is 13.6. The summed E-state index contributed by atoms with van der Waals surface area (Å²) in [5, 5.41) is 0. The average molecular weight is 246 g/mol. The smallest absolute Gasteiger partial charge is 0.0473 e. The summed E-state index contributed by atoms with van der Waals surface area (Å²) in [4.78, 5) is 2.57. The summed E-state index contributed by atoms with van der Waals surface area (Å²) in [6.45, 7) is 9.86. The molecule has 1 unspecified atom stereocenters. The molecule has 1 aliphatic heterocycles. The van der Waals surface area contributed by atoms with Gasteiger partial charge in [0.2, 0.25) is 0 Å². The molecule has 1 aromatic carbocycles. The number of nitrogens with zero attached hydrogens (tertiary/aromatic N) is 1. The Kier molecular flexibility index (Phi) is 4.41. The Bertz CT molecular complexity index is 392. The van der Waals surface area contributed by atoms with Crippen LogP contribution in [-0.2, 0) is 0 Å². The second-order valence-electron chi connectivity index (χ2n) is 5.76. The van der Waals surface area contributed by atoms with Gasteiger partial charge >= 0.3 is 0 Å². The highest BCUT2D eigenvalue weighted by Crippen LogP contribution is 2.28. The number of piperidine rings is 1. The van der Waals surface area contributed by atoms with Crippen molar-refractivity contribution in [1.29, 1.82) is 0 Å². The molecule has 1 saturated heterocycles. The fourth-order valence-electron chi connectivity index (χ4n) is 2.95. The van der Waals surface area contributed by atoms with E-state index in [9.17, 15) is 0 Å². The van der Waals surface area contributed by atoms with Crippen molar-refractivity contribution in [3.8, 4) is 0 Å². The van der Waals surface area contributed by atoms with Crippen LogP contribution in [-0.4, -0.2) is 24.5 Å². The van der Waals surface area contributed by atoms with Gasteiger partial charge in [0.15, 0.2) is 0 Å². The third-order valence-corrected chi connectivity index (χ3v) is 4.49. The van der Waals surface area contributed by atoms with Gasteiger partial charge < -0.3 is 5.73 Å². The van der Waals surface area contributed by atoms with Crippen LogP contribution in [0.2, 0.25) is 0 Å². The number of aryl methyl sites for hydroxylation is 1. The highest BCUT2D eigenvalue weighted by molar-refractivity contribution is 5.35. The second-order valence-corrected chi connectivity index (χ2v) is 5.76. The minimum atomic E-state index is 0.400. The van der Waals surface area contributed by atoms with E-state index in [-0.39, 0.29) is 0 Å². The van der Waals surface area contributed by atoms with Crippen molar-refractivity contribution in [3.63, 3.8) is 0 Å². The molecule has 2 nitrogen and oxygen atoms in total. The monoisotopic (exact) mass is 246 g/mol. The molecular weight excluding hydrogens is 220 g/mol. The predicted octanol–water partition coefficient (Wildman–Crippen LogP) is 3.04. The maximum absolute atomic E-state index is 6.05. The van der Waals surface area contributed by atoms with Crippen molar-refractivity contribution in [1.82, 2.24) is 4.90 Å². The van der Waals surface area contributed by atoms with Gasteiger partial charge in [-0.3, -0.25) is 4.90 Å². The van der Waals surface area contributed by atoms with Crippen molar-refractivity contribution in [2.45, 2.75) is 39.7 Å². The molecule has 2 heteroatoms. The number of likely N-dealkylation sites (tertiary alicyclic amines) is 1.